The number of hydrogen-bond acceptors (Lipinski definition) is 4. The van der Waals surface area contributed by atoms with Gasteiger partial charge in [0.05, 0.1) is 0 Å². The van der Waals surface area contributed by atoms with Crippen LogP contribution in [-0.2, 0) is 4.74 Å². The van der Waals surface area contributed by atoms with Crippen LogP contribution >= 0.6 is 0 Å². The minimum Gasteiger partial charge on any atom is -0.448 e. The number of ether oxygens (including phenoxy) is 1. The number of hydrogen-bond donors (Lipinski definition) is 1. The third-order valence-electron chi connectivity index (χ3n) is 8.10. The normalized spacial score (nSPS) is 16.9. The van der Waals surface area contributed by atoms with E-state index < -0.39 is 0 Å². The molecule has 1 atom stereocenters. The first-order chi connectivity index (χ1) is 18.0. The summed E-state index contributed by atoms with van der Waals surface area (Å²) in [5.41, 5.74) is 12.5. The second-order valence-corrected chi connectivity index (χ2v) is 10.8. The zero-order valence-corrected chi connectivity index (χ0v) is 22.1. The summed E-state index contributed by atoms with van der Waals surface area (Å²) >= 11 is 0. The fraction of sp³-hybridized carbons (Fsp3) is 0.406. The van der Waals surface area contributed by atoms with Gasteiger partial charge < -0.3 is 20.3 Å². The lowest BCUT2D eigenvalue weighted by atomic mass is 9.95. The zero-order valence-electron chi connectivity index (χ0n) is 22.1. The topological polar surface area (TPSA) is 58.8 Å². The molecule has 5 rings (SSSR count). The Bertz CT molecular complexity index is 1140. The Labute approximate surface area is 221 Å². The van der Waals surface area contributed by atoms with E-state index in [1.165, 1.54) is 22.3 Å². The predicted molar refractivity (Wildman–Crippen MR) is 149 cm³/mol. The van der Waals surface area contributed by atoms with E-state index in [4.69, 9.17) is 10.5 Å². The molecule has 5 nitrogen and oxygen atoms in total. The van der Waals surface area contributed by atoms with Gasteiger partial charge in [0.15, 0.2) is 0 Å². The van der Waals surface area contributed by atoms with Crippen LogP contribution in [0.5, 0.6) is 0 Å². The van der Waals surface area contributed by atoms with Crippen molar-refractivity contribution in [2.75, 3.05) is 32.8 Å². The smallest absolute Gasteiger partial charge is 0.409 e. The lowest BCUT2D eigenvalue weighted by molar-refractivity contribution is 0.0784. The monoisotopic (exact) mass is 497 g/mol. The largest absolute Gasteiger partial charge is 0.448 e. The summed E-state index contributed by atoms with van der Waals surface area (Å²) in [4.78, 5) is 18.0. The molecule has 2 N–H and O–H groups in total. The van der Waals surface area contributed by atoms with E-state index in [0.29, 0.717) is 31.7 Å². The molecule has 1 aliphatic heterocycles. The first kappa shape index (κ1) is 25.5. The Morgan fingerprint density at radius 3 is 2.08 bits per heavy atom. The maximum absolute atomic E-state index is 13.6. The van der Waals surface area contributed by atoms with Crippen molar-refractivity contribution >= 4 is 6.09 Å². The molecule has 1 amide bonds. The molecule has 3 aromatic rings. The van der Waals surface area contributed by atoms with Crippen molar-refractivity contribution in [1.82, 2.24) is 9.80 Å². The van der Waals surface area contributed by atoms with Gasteiger partial charge in [-0.05, 0) is 73.5 Å². The maximum atomic E-state index is 13.6. The van der Waals surface area contributed by atoms with Crippen LogP contribution in [0.1, 0.15) is 55.3 Å². The van der Waals surface area contributed by atoms with Crippen LogP contribution in [0.2, 0.25) is 0 Å². The highest BCUT2D eigenvalue weighted by Gasteiger charge is 2.31. The summed E-state index contributed by atoms with van der Waals surface area (Å²) in [5, 5.41) is 0. The minimum atomic E-state index is -0.264. The molecule has 0 bridgehead atoms. The van der Waals surface area contributed by atoms with Crippen LogP contribution in [0, 0.1) is 5.92 Å². The molecular formula is C32H39N3O2. The van der Waals surface area contributed by atoms with Crippen LogP contribution in [0.25, 0.3) is 11.1 Å². The molecule has 194 valence electrons. The fourth-order valence-corrected chi connectivity index (χ4v) is 5.92. The van der Waals surface area contributed by atoms with E-state index in [0.717, 1.165) is 31.5 Å². The van der Waals surface area contributed by atoms with Crippen molar-refractivity contribution in [2.24, 2.45) is 11.7 Å². The molecule has 0 spiro atoms. The Hall–Kier alpha value is -3.15. The van der Waals surface area contributed by atoms with Crippen molar-refractivity contribution in [1.29, 1.82) is 0 Å². The van der Waals surface area contributed by atoms with Crippen molar-refractivity contribution in [3.05, 3.63) is 95.6 Å². The molecule has 0 saturated carbocycles. The summed E-state index contributed by atoms with van der Waals surface area (Å²) < 4.78 is 6.06. The van der Waals surface area contributed by atoms with Gasteiger partial charge in [-0.3, -0.25) is 0 Å². The van der Waals surface area contributed by atoms with Gasteiger partial charge >= 0.3 is 6.09 Å². The minimum absolute atomic E-state index is 0.0512. The SMILES string of the molecule is CC(C)N1CCC(CN(C[C@H](N)c2ccccc2)C(=O)OCC2c3ccccc3-c3ccccc32)CC1. The van der Waals surface area contributed by atoms with Gasteiger partial charge in [-0.25, -0.2) is 4.79 Å². The molecule has 1 aliphatic carbocycles. The van der Waals surface area contributed by atoms with Gasteiger partial charge in [0.1, 0.15) is 6.61 Å². The van der Waals surface area contributed by atoms with Crippen LogP contribution in [0.3, 0.4) is 0 Å². The highest BCUT2D eigenvalue weighted by atomic mass is 16.6. The third kappa shape index (κ3) is 5.73. The number of nitrogens with zero attached hydrogens (tertiary/aromatic N) is 2. The highest BCUT2D eigenvalue weighted by molar-refractivity contribution is 5.79. The van der Waals surface area contributed by atoms with Gasteiger partial charge in [0.2, 0.25) is 0 Å². The summed E-state index contributed by atoms with van der Waals surface area (Å²) in [5.74, 6) is 0.508. The molecule has 1 saturated heterocycles. The van der Waals surface area contributed by atoms with Crippen LogP contribution in [0.4, 0.5) is 4.79 Å². The average molecular weight is 498 g/mol. The average Bonchev–Trinajstić information content (AvgIpc) is 3.25. The van der Waals surface area contributed by atoms with E-state index in [1.54, 1.807) is 0 Å². The quantitative estimate of drug-likeness (QED) is 0.411. The van der Waals surface area contributed by atoms with Crippen molar-refractivity contribution in [2.45, 2.75) is 44.7 Å². The number of nitrogens with two attached hydrogens (primary N) is 1. The van der Waals surface area contributed by atoms with E-state index in [9.17, 15) is 4.79 Å². The van der Waals surface area contributed by atoms with Gasteiger partial charge in [0, 0.05) is 31.1 Å². The Balaban J connectivity index is 1.29. The number of benzene rings is 3. The Morgan fingerprint density at radius 1 is 0.919 bits per heavy atom. The van der Waals surface area contributed by atoms with Gasteiger partial charge in [-0.2, -0.15) is 0 Å². The molecule has 0 aromatic heterocycles. The maximum Gasteiger partial charge on any atom is 0.409 e. The highest BCUT2D eigenvalue weighted by Crippen LogP contribution is 2.44. The van der Waals surface area contributed by atoms with Crippen LogP contribution in [-0.4, -0.2) is 54.7 Å². The van der Waals surface area contributed by atoms with E-state index in [-0.39, 0.29) is 18.1 Å². The number of carbonyl (C=O) groups is 1. The molecule has 0 radical (unpaired) electrons. The number of piperidine rings is 1. The predicted octanol–water partition coefficient (Wildman–Crippen LogP) is 6.06. The molecule has 5 heteroatoms. The standard InChI is InChI=1S/C32H39N3O2/c1-23(2)34-18-16-24(17-19-34)20-35(21-31(33)25-10-4-3-5-11-25)32(36)37-22-30-28-14-8-6-12-26(28)27-13-7-9-15-29(27)30/h3-15,23-24,30-31H,16-22,33H2,1-2H3/t31-/m0/s1. The first-order valence-electron chi connectivity index (χ1n) is 13.7. The molecule has 1 fully saturated rings. The molecule has 37 heavy (non-hydrogen) atoms. The lowest BCUT2D eigenvalue weighted by Crippen LogP contribution is -2.45. The second kappa shape index (κ2) is 11.5. The lowest BCUT2D eigenvalue weighted by Gasteiger charge is -2.37. The van der Waals surface area contributed by atoms with Gasteiger partial charge in [-0.1, -0.05) is 78.9 Å². The van der Waals surface area contributed by atoms with Gasteiger partial charge in [-0.15, -0.1) is 0 Å². The molecule has 1 heterocycles. The summed E-state index contributed by atoms with van der Waals surface area (Å²) in [7, 11) is 0. The first-order valence-corrected chi connectivity index (χ1v) is 13.7. The fourth-order valence-electron chi connectivity index (χ4n) is 5.92. The van der Waals surface area contributed by atoms with Crippen LogP contribution in [0.15, 0.2) is 78.9 Å². The number of rotatable bonds is 8. The Morgan fingerprint density at radius 2 is 1.49 bits per heavy atom. The third-order valence-corrected chi connectivity index (χ3v) is 8.10. The van der Waals surface area contributed by atoms with Crippen molar-refractivity contribution in [3.8, 4) is 11.1 Å². The van der Waals surface area contributed by atoms with E-state index >= 15 is 0 Å². The number of amides is 1. The summed E-state index contributed by atoms with van der Waals surface area (Å²) in [6, 6.07) is 27.2. The number of likely N-dealkylation sites (tertiary alicyclic amines) is 1. The number of carbonyl (C=O) groups excluding carboxylic acids is 1. The van der Waals surface area contributed by atoms with Crippen LogP contribution < -0.4 is 5.73 Å². The zero-order chi connectivity index (χ0) is 25.8. The molecule has 2 aliphatic rings. The second-order valence-electron chi connectivity index (χ2n) is 10.8. The van der Waals surface area contributed by atoms with E-state index in [1.807, 2.05) is 35.2 Å². The van der Waals surface area contributed by atoms with Crippen molar-refractivity contribution in [3.63, 3.8) is 0 Å². The molecule has 3 aromatic carbocycles. The molecular weight excluding hydrogens is 458 g/mol. The summed E-state index contributed by atoms with van der Waals surface area (Å²) in [6.45, 7) is 8.12. The summed E-state index contributed by atoms with van der Waals surface area (Å²) in [6.07, 6.45) is 1.91. The number of fused-ring (bicyclic) bond motifs is 3. The van der Waals surface area contributed by atoms with Gasteiger partial charge in [0.25, 0.3) is 0 Å². The molecule has 0 unspecified atom stereocenters. The van der Waals surface area contributed by atoms with E-state index in [2.05, 4.69) is 67.3 Å². The van der Waals surface area contributed by atoms with Crippen molar-refractivity contribution < 1.29 is 9.53 Å². The Kier molecular flexibility index (Phi) is 7.92.